The third-order valence-electron chi connectivity index (χ3n) is 6.10. The number of nitriles is 2. The van der Waals surface area contributed by atoms with E-state index in [4.69, 9.17) is 9.47 Å². The van der Waals surface area contributed by atoms with E-state index >= 15 is 0 Å². The fraction of sp³-hybridized carbons (Fsp3) is 0.292. The SMILES string of the molecule is COc1cccc([C@@H]2[C@@H](C(C)=O)N3c4ccccc4C=C[C@H]3C2(C#N)C#N)c1OC. The highest BCUT2D eigenvalue weighted by Crippen LogP contribution is 2.57. The Labute approximate surface area is 175 Å². The summed E-state index contributed by atoms with van der Waals surface area (Å²) in [7, 11) is 3.05. The number of carbonyl (C=O) groups is 1. The minimum absolute atomic E-state index is 0.118. The van der Waals surface area contributed by atoms with Gasteiger partial charge in [0.2, 0.25) is 0 Å². The summed E-state index contributed by atoms with van der Waals surface area (Å²) in [5, 5.41) is 20.6. The number of anilines is 1. The zero-order valence-electron chi connectivity index (χ0n) is 17.0. The van der Waals surface area contributed by atoms with Crippen molar-refractivity contribution >= 4 is 17.5 Å². The van der Waals surface area contributed by atoms with E-state index in [0.29, 0.717) is 17.1 Å². The summed E-state index contributed by atoms with van der Waals surface area (Å²) < 4.78 is 11.1. The van der Waals surface area contributed by atoms with Crippen molar-refractivity contribution in [3.63, 3.8) is 0 Å². The Balaban J connectivity index is 2.04. The number of benzene rings is 2. The van der Waals surface area contributed by atoms with Crippen molar-refractivity contribution in [1.29, 1.82) is 10.5 Å². The number of rotatable bonds is 4. The fourth-order valence-corrected chi connectivity index (χ4v) is 4.89. The van der Waals surface area contributed by atoms with Crippen LogP contribution in [0.2, 0.25) is 0 Å². The summed E-state index contributed by atoms with van der Waals surface area (Å²) in [4.78, 5) is 14.9. The molecule has 0 aromatic heterocycles. The molecular weight excluding hydrogens is 378 g/mol. The quantitative estimate of drug-likeness (QED) is 0.779. The molecule has 2 aliphatic rings. The summed E-state index contributed by atoms with van der Waals surface area (Å²) in [6.45, 7) is 1.51. The van der Waals surface area contributed by atoms with Crippen LogP contribution in [0.1, 0.15) is 24.0 Å². The maximum absolute atomic E-state index is 13.0. The van der Waals surface area contributed by atoms with Crippen LogP contribution >= 0.6 is 0 Å². The highest BCUT2D eigenvalue weighted by Gasteiger charge is 2.63. The molecule has 0 N–H and O–H groups in total. The zero-order chi connectivity index (χ0) is 21.5. The summed E-state index contributed by atoms with van der Waals surface area (Å²) in [5.74, 6) is 0.0781. The van der Waals surface area contributed by atoms with Crippen molar-refractivity contribution in [3.05, 3.63) is 59.7 Å². The Kier molecular flexibility index (Phi) is 4.72. The minimum atomic E-state index is -1.49. The number of ether oxygens (including phenoxy) is 2. The van der Waals surface area contributed by atoms with Crippen molar-refractivity contribution < 1.29 is 14.3 Å². The summed E-state index contributed by atoms with van der Waals surface area (Å²) >= 11 is 0. The van der Waals surface area contributed by atoms with E-state index in [0.717, 1.165) is 11.3 Å². The highest BCUT2D eigenvalue weighted by molar-refractivity contribution is 5.91. The number of para-hydroxylation sites is 2. The lowest BCUT2D eigenvalue weighted by Crippen LogP contribution is -2.43. The molecule has 0 bridgehead atoms. The van der Waals surface area contributed by atoms with Crippen molar-refractivity contribution in [2.24, 2.45) is 5.41 Å². The van der Waals surface area contributed by atoms with Crippen molar-refractivity contribution in [1.82, 2.24) is 0 Å². The van der Waals surface area contributed by atoms with Gasteiger partial charge < -0.3 is 14.4 Å². The summed E-state index contributed by atoms with van der Waals surface area (Å²) in [5.41, 5.74) is 0.910. The Morgan fingerprint density at radius 3 is 2.43 bits per heavy atom. The average Bonchev–Trinajstić information content (AvgIpc) is 3.09. The van der Waals surface area contributed by atoms with Gasteiger partial charge in [0.05, 0.1) is 38.4 Å². The van der Waals surface area contributed by atoms with Gasteiger partial charge in [-0.05, 0) is 24.6 Å². The van der Waals surface area contributed by atoms with E-state index < -0.39 is 23.4 Å². The molecule has 6 nitrogen and oxygen atoms in total. The molecule has 0 radical (unpaired) electrons. The van der Waals surface area contributed by atoms with E-state index in [-0.39, 0.29) is 5.78 Å². The Morgan fingerprint density at radius 2 is 1.80 bits per heavy atom. The van der Waals surface area contributed by atoms with Crippen LogP contribution in [-0.2, 0) is 4.79 Å². The van der Waals surface area contributed by atoms with Crippen LogP contribution in [0.5, 0.6) is 11.5 Å². The van der Waals surface area contributed by atoms with Crippen LogP contribution in [0.4, 0.5) is 5.69 Å². The predicted octanol–water partition coefficient (Wildman–Crippen LogP) is 3.69. The third kappa shape index (κ3) is 2.51. The van der Waals surface area contributed by atoms with Gasteiger partial charge in [-0.15, -0.1) is 0 Å². The summed E-state index contributed by atoms with van der Waals surface area (Å²) in [6.07, 6.45) is 3.78. The molecule has 0 saturated carbocycles. The molecule has 0 spiro atoms. The van der Waals surface area contributed by atoms with Crippen LogP contribution in [0.25, 0.3) is 6.08 Å². The first kappa shape index (κ1) is 19.5. The van der Waals surface area contributed by atoms with Gasteiger partial charge in [0.15, 0.2) is 22.7 Å². The molecule has 6 heteroatoms. The number of fused-ring (bicyclic) bond motifs is 3. The second-order valence-electron chi connectivity index (χ2n) is 7.48. The molecule has 0 amide bonds. The number of hydrogen-bond donors (Lipinski definition) is 0. The molecule has 1 fully saturated rings. The number of methoxy groups -OCH3 is 2. The number of ketones is 1. The molecule has 3 atom stereocenters. The largest absolute Gasteiger partial charge is 0.493 e. The van der Waals surface area contributed by atoms with Gasteiger partial charge in [-0.1, -0.05) is 42.5 Å². The van der Waals surface area contributed by atoms with Crippen LogP contribution in [-0.4, -0.2) is 32.1 Å². The van der Waals surface area contributed by atoms with Gasteiger partial charge in [-0.25, -0.2) is 0 Å². The lowest BCUT2D eigenvalue weighted by Gasteiger charge is -2.35. The highest BCUT2D eigenvalue weighted by atomic mass is 16.5. The summed E-state index contributed by atoms with van der Waals surface area (Å²) in [6, 6.07) is 16.3. The monoisotopic (exact) mass is 399 g/mol. The maximum Gasteiger partial charge on any atom is 0.176 e. The first-order chi connectivity index (χ1) is 14.5. The van der Waals surface area contributed by atoms with E-state index in [1.54, 1.807) is 18.2 Å². The number of carbonyl (C=O) groups excluding carboxylic acids is 1. The molecule has 4 rings (SSSR count). The van der Waals surface area contributed by atoms with E-state index in [9.17, 15) is 15.3 Å². The van der Waals surface area contributed by atoms with Gasteiger partial charge in [0.1, 0.15) is 0 Å². The van der Waals surface area contributed by atoms with Gasteiger partial charge in [0.25, 0.3) is 0 Å². The molecule has 0 aliphatic carbocycles. The van der Waals surface area contributed by atoms with Crippen molar-refractivity contribution in [2.45, 2.75) is 24.9 Å². The van der Waals surface area contributed by atoms with Crippen LogP contribution in [0.3, 0.4) is 0 Å². The molecule has 30 heavy (non-hydrogen) atoms. The maximum atomic E-state index is 13.0. The van der Waals surface area contributed by atoms with E-state index in [1.807, 2.05) is 41.3 Å². The lowest BCUT2D eigenvalue weighted by molar-refractivity contribution is -0.118. The second-order valence-corrected chi connectivity index (χ2v) is 7.48. The molecule has 1 saturated heterocycles. The fourth-order valence-electron chi connectivity index (χ4n) is 4.89. The van der Waals surface area contributed by atoms with Crippen LogP contribution < -0.4 is 14.4 Å². The molecule has 0 unspecified atom stereocenters. The molecule has 2 aromatic rings. The first-order valence-electron chi connectivity index (χ1n) is 9.63. The smallest absolute Gasteiger partial charge is 0.176 e. The zero-order valence-corrected chi connectivity index (χ0v) is 17.0. The molecule has 150 valence electrons. The molecule has 2 aromatic carbocycles. The Bertz CT molecular complexity index is 1110. The first-order valence-corrected chi connectivity index (χ1v) is 9.63. The minimum Gasteiger partial charge on any atom is -0.493 e. The van der Waals surface area contributed by atoms with E-state index in [2.05, 4.69) is 12.1 Å². The molecular formula is C24H21N3O3. The average molecular weight is 399 g/mol. The Hall–Kier alpha value is -3.77. The van der Waals surface area contributed by atoms with Gasteiger partial charge >= 0.3 is 0 Å². The normalized spacial score (nSPS) is 23.0. The predicted molar refractivity (Wildman–Crippen MR) is 112 cm³/mol. The molecule has 2 heterocycles. The second kappa shape index (κ2) is 7.24. The number of nitrogens with zero attached hydrogens (tertiary/aromatic N) is 3. The van der Waals surface area contributed by atoms with Crippen molar-refractivity contribution in [3.8, 4) is 23.6 Å². The lowest BCUT2D eigenvalue weighted by atomic mass is 9.69. The standard InChI is InChI=1S/C24H21N3O3/c1-15(28)22-21(17-8-6-10-19(29-2)23(17)30-3)24(13-25,14-26)20-12-11-16-7-4-5-9-18(16)27(20)22/h4-12,20-22H,1-3H3/t20-,21+,22+/m0/s1. The van der Waals surface area contributed by atoms with Gasteiger partial charge in [0, 0.05) is 17.2 Å². The number of Topliss-reactive ketones (excluding diaryl/α,β-unsaturated/α-hetero) is 1. The molecule has 2 aliphatic heterocycles. The topological polar surface area (TPSA) is 86.4 Å². The Morgan fingerprint density at radius 1 is 1.07 bits per heavy atom. The van der Waals surface area contributed by atoms with Crippen molar-refractivity contribution in [2.75, 3.05) is 19.1 Å². The van der Waals surface area contributed by atoms with E-state index in [1.165, 1.54) is 21.1 Å². The van der Waals surface area contributed by atoms with Crippen LogP contribution in [0.15, 0.2) is 48.5 Å². The number of hydrogen-bond acceptors (Lipinski definition) is 6. The van der Waals surface area contributed by atoms with Crippen LogP contribution in [0, 0.1) is 28.1 Å². The van der Waals surface area contributed by atoms with Gasteiger partial charge in [-0.3, -0.25) is 4.79 Å². The van der Waals surface area contributed by atoms with Gasteiger partial charge in [-0.2, -0.15) is 10.5 Å². The third-order valence-corrected chi connectivity index (χ3v) is 6.10.